The summed E-state index contributed by atoms with van der Waals surface area (Å²) in [5.41, 5.74) is 1.52. The number of aliphatic hydroxyl groups is 1. The molecule has 0 bridgehead atoms. The van der Waals surface area contributed by atoms with Crippen molar-refractivity contribution < 1.29 is 19.1 Å². The van der Waals surface area contributed by atoms with E-state index >= 15 is 0 Å². The Kier molecular flexibility index (Phi) is 4.82. The number of aliphatic hydroxyl groups excluding tert-OH is 1. The molecule has 8 heteroatoms. The van der Waals surface area contributed by atoms with E-state index in [1.807, 2.05) is 30.3 Å². The Balaban J connectivity index is 1.51. The van der Waals surface area contributed by atoms with Crippen molar-refractivity contribution in [2.75, 3.05) is 5.32 Å². The first-order chi connectivity index (χ1) is 14.0. The van der Waals surface area contributed by atoms with Gasteiger partial charge in [0.05, 0.1) is 17.9 Å². The van der Waals surface area contributed by atoms with Crippen LogP contribution in [0.4, 0.5) is 10.1 Å². The summed E-state index contributed by atoms with van der Waals surface area (Å²) in [6, 6.07) is 14.1. The molecule has 29 heavy (non-hydrogen) atoms. The van der Waals surface area contributed by atoms with Gasteiger partial charge in [-0.1, -0.05) is 18.2 Å². The third kappa shape index (κ3) is 3.86. The lowest BCUT2D eigenvalue weighted by Gasteiger charge is -2.24. The van der Waals surface area contributed by atoms with Crippen LogP contribution >= 0.6 is 0 Å². The highest BCUT2D eigenvalue weighted by atomic mass is 19.1. The van der Waals surface area contributed by atoms with Gasteiger partial charge in [0.2, 0.25) is 0 Å². The third-order valence-corrected chi connectivity index (χ3v) is 4.57. The predicted octanol–water partition coefficient (Wildman–Crippen LogP) is 3.02. The lowest BCUT2D eigenvalue weighted by molar-refractivity contribution is -0.123. The Morgan fingerprint density at radius 1 is 1.17 bits per heavy atom. The largest absolute Gasteiger partial charge is 0.511 e. The van der Waals surface area contributed by atoms with Crippen LogP contribution in [0, 0.1) is 5.82 Å². The summed E-state index contributed by atoms with van der Waals surface area (Å²) in [6.07, 6.45) is 3.42. The van der Waals surface area contributed by atoms with Crippen LogP contribution in [0.1, 0.15) is 18.0 Å². The fourth-order valence-electron chi connectivity index (χ4n) is 3.11. The molecule has 1 aliphatic heterocycles. The number of nitrogens with zero attached hydrogens (tertiary/aromatic N) is 2. The molecule has 1 aliphatic rings. The quantitative estimate of drug-likeness (QED) is 0.595. The first-order valence-electron chi connectivity index (χ1n) is 8.91. The lowest BCUT2D eigenvalue weighted by atomic mass is 9.98. The van der Waals surface area contributed by atoms with Gasteiger partial charge in [0.15, 0.2) is 0 Å². The van der Waals surface area contributed by atoms with E-state index in [0.717, 1.165) is 5.69 Å². The van der Waals surface area contributed by atoms with E-state index in [1.165, 1.54) is 24.3 Å². The summed E-state index contributed by atoms with van der Waals surface area (Å²) in [4.78, 5) is 24.9. The number of carbonyl (C=O) groups is 2. The van der Waals surface area contributed by atoms with Gasteiger partial charge in [0.1, 0.15) is 17.1 Å². The molecular formula is C21H17FN4O3. The van der Waals surface area contributed by atoms with Crippen LogP contribution in [-0.4, -0.2) is 26.7 Å². The zero-order valence-corrected chi connectivity index (χ0v) is 15.2. The van der Waals surface area contributed by atoms with Crippen molar-refractivity contribution >= 4 is 17.5 Å². The monoisotopic (exact) mass is 392 g/mol. The first-order valence-corrected chi connectivity index (χ1v) is 8.91. The van der Waals surface area contributed by atoms with Gasteiger partial charge in [0, 0.05) is 23.9 Å². The van der Waals surface area contributed by atoms with Crippen molar-refractivity contribution in [3.05, 3.63) is 89.7 Å². The minimum Gasteiger partial charge on any atom is -0.511 e. The maximum Gasteiger partial charge on any atom is 0.264 e. The van der Waals surface area contributed by atoms with Gasteiger partial charge >= 0.3 is 0 Å². The normalized spacial score (nSPS) is 16.4. The average molecular weight is 392 g/mol. The van der Waals surface area contributed by atoms with E-state index in [0.29, 0.717) is 11.3 Å². The van der Waals surface area contributed by atoms with E-state index in [1.54, 1.807) is 17.1 Å². The molecule has 0 spiro atoms. The number of para-hydroxylation sites is 1. The molecule has 3 aromatic rings. The topological polar surface area (TPSA) is 96.2 Å². The third-order valence-electron chi connectivity index (χ3n) is 4.57. The molecule has 2 heterocycles. The highest BCUT2D eigenvalue weighted by Gasteiger charge is 2.32. The van der Waals surface area contributed by atoms with Crippen LogP contribution in [0.2, 0.25) is 0 Å². The SMILES string of the molecule is O=C(Nc1ccc(F)cc1)C1=C(O)CC(c2cnn(-c3ccccc3)c2)NC1=O. The molecule has 2 amide bonds. The number of halogens is 1. The maximum atomic E-state index is 13.0. The van der Waals surface area contributed by atoms with Crippen LogP contribution in [0.25, 0.3) is 5.69 Å². The van der Waals surface area contributed by atoms with E-state index in [2.05, 4.69) is 15.7 Å². The van der Waals surface area contributed by atoms with Gasteiger partial charge in [-0.2, -0.15) is 5.10 Å². The Hall–Kier alpha value is -3.94. The van der Waals surface area contributed by atoms with Gasteiger partial charge in [-0.25, -0.2) is 9.07 Å². The highest BCUT2D eigenvalue weighted by molar-refractivity contribution is 6.23. The molecule has 1 atom stereocenters. The van der Waals surface area contributed by atoms with Crippen molar-refractivity contribution in [2.45, 2.75) is 12.5 Å². The van der Waals surface area contributed by atoms with E-state index in [4.69, 9.17) is 0 Å². The van der Waals surface area contributed by atoms with Gasteiger partial charge in [0.25, 0.3) is 11.8 Å². The molecule has 7 nitrogen and oxygen atoms in total. The lowest BCUT2D eigenvalue weighted by Crippen LogP contribution is -2.39. The van der Waals surface area contributed by atoms with Crippen molar-refractivity contribution in [1.82, 2.24) is 15.1 Å². The minimum absolute atomic E-state index is 0.0540. The summed E-state index contributed by atoms with van der Waals surface area (Å²) in [5, 5.41) is 19.8. The average Bonchev–Trinajstić information content (AvgIpc) is 3.20. The highest BCUT2D eigenvalue weighted by Crippen LogP contribution is 2.27. The Labute approximate surface area is 165 Å². The van der Waals surface area contributed by atoms with Gasteiger partial charge in [-0.05, 0) is 36.4 Å². The molecule has 0 saturated carbocycles. The van der Waals surface area contributed by atoms with Crippen molar-refractivity contribution in [2.24, 2.45) is 0 Å². The summed E-state index contributed by atoms with van der Waals surface area (Å²) < 4.78 is 14.6. The number of amides is 2. The fourth-order valence-corrected chi connectivity index (χ4v) is 3.11. The van der Waals surface area contributed by atoms with E-state index in [9.17, 15) is 19.1 Å². The smallest absolute Gasteiger partial charge is 0.264 e. The first kappa shape index (κ1) is 18.4. The molecule has 3 N–H and O–H groups in total. The molecule has 0 radical (unpaired) electrons. The number of anilines is 1. The number of hydrogen-bond donors (Lipinski definition) is 3. The number of hydrogen-bond acceptors (Lipinski definition) is 4. The number of benzene rings is 2. The molecule has 1 unspecified atom stereocenters. The van der Waals surface area contributed by atoms with Crippen LogP contribution < -0.4 is 10.6 Å². The standard InChI is InChI=1S/C21H17FN4O3/c22-14-6-8-15(9-7-14)24-20(28)19-18(27)10-17(25-21(19)29)13-11-23-26(12-13)16-4-2-1-3-5-16/h1-9,11-12,17,27H,10H2,(H,24,28)(H,25,29). The molecule has 0 fully saturated rings. The molecule has 1 aromatic heterocycles. The van der Waals surface area contributed by atoms with E-state index < -0.39 is 23.7 Å². The number of rotatable bonds is 4. The predicted molar refractivity (Wildman–Crippen MR) is 104 cm³/mol. The van der Waals surface area contributed by atoms with Gasteiger partial charge < -0.3 is 15.7 Å². The molecule has 0 aliphatic carbocycles. The molecule has 146 valence electrons. The zero-order valence-electron chi connectivity index (χ0n) is 15.2. The Bertz CT molecular complexity index is 1090. The van der Waals surface area contributed by atoms with Gasteiger partial charge in [-0.15, -0.1) is 0 Å². The number of carbonyl (C=O) groups excluding carboxylic acids is 2. The summed E-state index contributed by atoms with van der Waals surface area (Å²) in [5.74, 6) is -2.21. The number of nitrogens with one attached hydrogen (secondary N) is 2. The van der Waals surface area contributed by atoms with Gasteiger partial charge in [-0.3, -0.25) is 9.59 Å². The summed E-state index contributed by atoms with van der Waals surface area (Å²) in [7, 11) is 0. The second-order valence-corrected chi connectivity index (χ2v) is 6.57. The molecular weight excluding hydrogens is 375 g/mol. The van der Waals surface area contributed by atoms with Crippen LogP contribution in [0.15, 0.2) is 78.3 Å². The zero-order chi connectivity index (χ0) is 20.4. The molecule has 2 aromatic carbocycles. The van der Waals surface area contributed by atoms with Crippen molar-refractivity contribution in [3.63, 3.8) is 0 Å². The van der Waals surface area contributed by atoms with Crippen molar-refractivity contribution in [1.29, 1.82) is 0 Å². The second-order valence-electron chi connectivity index (χ2n) is 6.57. The summed E-state index contributed by atoms with van der Waals surface area (Å²) in [6.45, 7) is 0. The van der Waals surface area contributed by atoms with Crippen LogP contribution in [0.3, 0.4) is 0 Å². The number of aromatic nitrogens is 2. The minimum atomic E-state index is -0.759. The van der Waals surface area contributed by atoms with Crippen LogP contribution in [0.5, 0.6) is 0 Å². The molecule has 0 saturated heterocycles. The van der Waals surface area contributed by atoms with E-state index in [-0.39, 0.29) is 17.8 Å². The fraction of sp³-hybridized carbons (Fsp3) is 0.0952. The second kappa shape index (κ2) is 7.59. The Morgan fingerprint density at radius 3 is 2.59 bits per heavy atom. The maximum absolute atomic E-state index is 13.0. The molecule has 4 rings (SSSR count). The van der Waals surface area contributed by atoms with Crippen LogP contribution in [-0.2, 0) is 9.59 Å². The summed E-state index contributed by atoms with van der Waals surface area (Å²) >= 11 is 0. The van der Waals surface area contributed by atoms with Crippen molar-refractivity contribution in [3.8, 4) is 5.69 Å². The Morgan fingerprint density at radius 2 is 1.90 bits per heavy atom.